The second-order valence-electron chi connectivity index (χ2n) is 5.61. The molecule has 0 saturated carbocycles. The van der Waals surface area contributed by atoms with E-state index in [1.54, 1.807) is 0 Å². The number of fused-ring (bicyclic) bond motifs is 3. The van der Waals surface area contributed by atoms with Gasteiger partial charge in [0.1, 0.15) is 17.1 Å². The van der Waals surface area contributed by atoms with E-state index in [1.807, 2.05) is 0 Å². The summed E-state index contributed by atoms with van der Waals surface area (Å²) in [6.45, 7) is -9.23. The molecule has 0 fully saturated rings. The Morgan fingerprint density at radius 1 is 1.43 bits per heavy atom. The Kier molecular flexibility index (Phi) is 1.36. The minimum atomic E-state index is -4.03. The molecule has 3 rings (SSSR count). The summed E-state index contributed by atoms with van der Waals surface area (Å²) in [6, 6.07) is 1.32. The van der Waals surface area contributed by atoms with Crippen LogP contribution in [-0.4, -0.2) is 10.7 Å². The van der Waals surface area contributed by atoms with E-state index in [4.69, 9.17) is 30.8 Å². The first-order valence-corrected chi connectivity index (χ1v) is 7.08. The summed E-state index contributed by atoms with van der Waals surface area (Å²) < 4.78 is 159. The molecule has 1 aromatic carbocycles. The lowest BCUT2D eigenvalue weighted by Gasteiger charge is -2.46. The average molecular weight is 334 g/mol. The molecule has 126 valence electrons. The maximum atomic E-state index is 11.1. The van der Waals surface area contributed by atoms with Crippen LogP contribution >= 0.6 is 0 Å². The summed E-state index contributed by atoms with van der Waals surface area (Å²) in [7, 11) is 0. The fraction of sp³-hybridized carbons (Fsp3) is 0.619. The van der Waals surface area contributed by atoms with Crippen molar-refractivity contribution in [3.05, 3.63) is 34.9 Å². The van der Waals surface area contributed by atoms with Crippen LogP contribution in [0.15, 0.2) is 23.8 Å². The predicted molar refractivity (Wildman–Crippen MR) is 95.3 cm³/mol. The van der Waals surface area contributed by atoms with E-state index in [-0.39, 0.29) is 11.1 Å². The number of hydrogen-bond donors (Lipinski definition) is 1. The third-order valence-corrected chi connectivity index (χ3v) is 4.04. The Bertz CT molecular complexity index is 1250. The third kappa shape index (κ3) is 3.13. The number of allylic oxidation sites excluding steroid dienone is 2. The first-order chi connectivity index (χ1) is 18.3. The molecule has 0 saturated heterocycles. The Labute approximate surface area is 167 Å². The molecule has 1 N–H and O–H groups in total. The van der Waals surface area contributed by atoms with E-state index < -0.39 is 93.3 Å². The normalized spacial score (nSPS) is 43.7. The van der Waals surface area contributed by atoms with Crippen molar-refractivity contribution in [3.8, 4) is 11.5 Å². The molecule has 0 bridgehead atoms. The summed E-state index contributed by atoms with van der Waals surface area (Å²) in [6.07, 6.45) is -17.1. The van der Waals surface area contributed by atoms with Crippen molar-refractivity contribution >= 4 is 0 Å². The van der Waals surface area contributed by atoms with Crippen LogP contribution in [0.4, 0.5) is 0 Å². The number of aryl methyl sites for hydroxylation is 1. The number of rotatable bonds is 4. The van der Waals surface area contributed by atoms with E-state index in [0.29, 0.717) is 12.1 Å². The van der Waals surface area contributed by atoms with Crippen molar-refractivity contribution in [3.63, 3.8) is 0 Å². The van der Waals surface area contributed by atoms with Crippen molar-refractivity contribution in [2.24, 2.45) is 5.92 Å². The van der Waals surface area contributed by atoms with Crippen LogP contribution in [0.25, 0.3) is 0 Å². The SMILES string of the molecule is [2H]C1([2H])C[C@@H]2[C@@H](C=C1C)c1c(O)cc(C([2H])([2H])C([2H])([2H])C([2H])([2H])C([2H])([2H])C([2H])([2H])[2H])cc1OC2(C([2H])([2H])[2H])C([2H])([2H])[2H]. The molecule has 2 atom stereocenters. The summed E-state index contributed by atoms with van der Waals surface area (Å²) in [4.78, 5) is 0. The molecular formula is C21H30O2. The van der Waals surface area contributed by atoms with E-state index in [2.05, 4.69) is 0 Å². The second kappa shape index (κ2) is 6.22. The highest BCUT2D eigenvalue weighted by Gasteiger charge is 2.45. The van der Waals surface area contributed by atoms with Gasteiger partial charge in [-0.1, -0.05) is 31.2 Å². The molecule has 2 nitrogen and oxygen atoms in total. The van der Waals surface area contributed by atoms with Gasteiger partial charge in [0.15, 0.2) is 0 Å². The van der Waals surface area contributed by atoms with Gasteiger partial charge in [-0.2, -0.15) is 0 Å². The number of ether oxygens (including phenoxy) is 1. The van der Waals surface area contributed by atoms with Crippen LogP contribution in [-0.2, 0) is 6.37 Å². The van der Waals surface area contributed by atoms with Crippen LogP contribution < -0.4 is 4.74 Å². The summed E-state index contributed by atoms with van der Waals surface area (Å²) in [5.74, 6) is -4.41. The number of hydrogen-bond acceptors (Lipinski definition) is 2. The molecule has 0 amide bonds. The van der Waals surface area contributed by atoms with Crippen molar-refractivity contribution in [2.75, 3.05) is 0 Å². The third-order valence-electron chi connectivity index (χ3n) is 4.04. The molecule has 1 aromatic rings. The highest BCUT2D eigenvalue weighted by molar-refractivity contribution is 5.53. The number of aromatic hydroxyl groups is 1. The summed E-state index contributed by atoms with van der Waals surface area (Å²) >= 11 is 0. The molecule has 1 aliphatic heterocycles. The number of phenols is 1. The molecule has 0 aromatic heterocycles. The summed E-state index contributed by atoms with van der Waals surface area (Å²) in [5.41, 5.74) is -4.16. The van der Waals surface area contributed by atoms with E-state index in [9.17, 15) is 5.11 Å². The minimum absolute atomic E-state index is 0.0943. The molecule has 0 radical (unpaired) electrons. The largest absolute Gasteiger partial charge is 0.507 e. The zero-order valence-corrected chi connectivity index (χ0v) is 12.4. The Morgan fingerprint density at radius 2 is 2.30 bits per heavy atom. The zero-order chi connectivity index (χ0) is 33.1. The van der Waals surface area contributed by atoms with Crippen molar-refractivity contribution < 1.29 is 35.9 Å². The van der Waals surface area contributed by atoms with Gasteiger partial charge in [-0.15, -0.1) is 0 Å². The van der Waals surface area contributed by atoms with Crippen LogP contribution in [0.1, 0.15) is 102 Å². The molecule has 2 heteroatoms. The van der Waals surface area contributed by atoms with Crippen LogP contribution in [0, 0.1) is 5.92 Å². The predicted octanol–water partition coefficient (Wildman–Crippen LogP) is 5.74. The number of benzene rings is 1. The molecule has 0 spiro atoms. The van der Waals surface area contributed by atoms with Gasteiger partial charge in [-0.3, -0.25) is 0 Å². The van der Waals surface area contributed by atoms with Crippen molar-refractivity contribution in [1.29, 1.82) is 0 Å². The zero-order valence-electron chi connectivity index (χ0n) is 31.4. The van der Waals surface area contributed by atoms with E-state index in [1.165, 1.54) is 13.0 Å². The van der Waals surface area contributed by atoms with Gasteiger partial charge in [-0.05, 0) is 63.9 Å². The molecule has 1 aliphatic carbocycles. The number of phenolic OH excluding ortho intramolecular Hbond substituents is 1. The standard InChI is InChI=1S/C21H30O2/c1-5-6-7-8-15-12-18(22)20-16-11-14(2)9-10-17(16)21(3,4)23-19(20)13-15/h11-13,16-17,22H,5-10H2,1-4H3/t16-,17-/m1/s1/i1D3,3D3,4D3,5D2,6D2,7D2,8D2,9D2. The summed E-state index contributed by atoms with van der Waals surface area (Å²) in [5, 5.41) is 11.1. The average Bonchev–Trinajstić information content (AvgIpc) is 2.76. The highest BCUT2D eigenvalue weighted by Crippen LogP contribution is 2.53. The first kappa shape index (κ1) is 5.03. The fourth-order valence-corrected chi connectivity index (χ4v) is 3.01. The lowest BCUT2D eigenvalue weighted by molar-refractivity contribution is 0.0107. The molecule has 1 heterocycles. The maximum Gasteiger partial charge on any atom is 0.127 e. The Hall–Kier alpha value is -1.44. The quantitative estimate of drug-likeness (QED) is 0.712. The lowest BCUT2D eigenvalue weighted by Crippen LogP contribution is -2.45. The van der Waals surface area contributed by atoms with Crippen molar-refractivity contribution in [2.45, 2.75) is 77.3 Å². The van der Waals surface area contributed by atoms with E-state index >= 15 is 0 Å². The minimum Gasteiger partial charge on any atom is -0.507 e. The van der Waals surface area contributed by atoms with Gasteiger partial charge in [0, 0.05) is 43.4 Å². The monoisotopic (exact) mass is 333 g/mol. The molecular weight excluding hydrogens is 284 g/mol. The van der Waals surface area contributed by atoms with Gasteiger partial charge in [0.2, 0.25) is 0 Å². The second-order valence-corrected chi connectivity index (χ2v) is 5.61. The maximum absolute atomic E-state index is 11.1. The van der Waals surface area contributed by atoms with Gasteiger partial charge >= 0.3 is 0 Å². The topological polar surface area (TPSA) is 29.5 Å². The van der Waals surface area contributed by atoms with Crippen LogP contribution in [0.2, 0.25) is 0 Å². The van der Waals surface area contributed by atoms with Gasteiger partial charge in [0.05, 0.1) is 0 Å². The molecule has 23 heavy (non-hydrogen) atoms. The first-order valence-electron chi connectivity index (χ1n) is 16.6. The van der Waals surface area contributed by atoms with Gasteiger partial charge in [0.25, 0.3) is 0 Å². The van der Waals surface area contributed by atoms with E-state index in [0.717, 1.165) is 0 Å². The van der Waals surface area contributed by atoms with Gasteiger partial charge in [-0.25, -0.2) is 0 Å². The van der Waals surface area contributed by atoms with Gasteiger partial charge < -0.3 is 9.84 Å². The van der Waals surface area contributed by atoms with Crippen molar-refractivity contribution in [1.82, 2.24) is 0 Å². The molecule has 0 unspecified atom stereocenters. The van der Waals surface area contributed by atoms with Crippen LogP contribution in [0.5, 0.6) is 11.5 Å². The Morgan fingerprint density at radius 3 is 3.09 bits per heavy atom. The fourth-order valence-electron chi connectivity index (χ4n) is 3.01. The lowest BCUT2D eigenvalue weighted by atomic mass is 9.68. The highest BCUT2D eigenvalue weighted by atomic mass is 16.5. The Balaban J connectivity index is 2.36. The molecule has 2 aliphatic rings. The smallest absolute Gasteiger partial charge is 0.127 e. The van der Waals surface area contributed by atoms with Crippen LogP contribution in [0.3, 0.4) is 0 Å².